The highest BCUT2D eigenvalue weighted by atomic mass is 16.5. The van der Waals surface area contributed by atoms with Gasteiger partial charge in [-0.2, -0.15) is 0 Å². The minimum absolute atomic E-state index is 0.0473. The van der Waals surface area contributed by atoms with E-state index in [-0.39, 0.29) is 12.1 Å². The molecule has 21 heavy (non-hydrogen) atoms. The van der Waals surface area contributed by atoms with Crippen molar-refractivity contribution in [1.82, 2.24) is 5.32 Å². The molecule has 0 saturated heterocycles. The van der Waals surface area contributed by atoms with Gasteiger partial charge in [-0.05, 0) is 43.7 Å². The average Bonchev–Trinajstić information content (AvgIpc) is 2.50. The van der Waals surface area contributed by atoms with E-state index in [1.807, 2.05) is 68.4 Å². The van der Waals surface area contributed by atoms with Crippen LogP contribution < -0.4 is 15.4 Å². The van der Waals surface area contributed by atoms with Crippen molar-refractivity contribution >= 4 is 11.7 Å². The van der Waals surface area contributed by atoms with Gasteiger partial charge in [0.15, 0.2) is 0 Å². The number of carbonyl (C=O) groups is 1. The van der Waals surface area contributed by atoms with Gasteiger partial charge >= 0.3 is 6.03 Å². The van der Waals surface area contributed by atoms with E-state index < -0.39 is 0 Å². The lowest BCUT2D eigenvalue weighted by Gasteiger charge is -2.15. The van der Waals surface area contributed by atoms with Gasteiger partial charge < -0.3 is 15.4 Å². The molecule has 0 aliphatic rings. The Balaban J connectivity index is 1.89. The third-order valence-electron chi connectivity index (χ3n) is 3.07. The van der Waals surface area contributed by atoms with Crippen LogP contribution in [0.25, 0.3) is 0 Å². The first-order valence-corrected chi connectivity index (χ1v) is 7.04. The number of ether oxygens (including phenoxy) is 1. The quantitative estimate of drug-likeness (QED) is 0.873. The number of nitrogens with one attached hydrogen (secondary N) is 2. The lowest BCUT2D eigenvalue weighted by atomic mass is 10.1. The highest BCUT2D eigenvalue weighted by Gasteiger charge is 2.09. The van der Waals surface area contributed by atoms with Gasteiger partial charge in [-0.15, -0.1) is 0 Å². The van der Waals surface area contributed by atoms with Gasteiger partial charge in [-0.1, -0.05) is 30.3 Å². The number of carbonyl (C=O) groups excluding carboxylic acids is 1. The molecule has 110 valence electrons. The van der Waals surface area contributed by atoms with Crippen molar-refractivity contribution < 1.29 is 9.53 Å². The molecule has 2 amide bonds. The van der Waals surface area contributed by atoms with Crippen molar-refractivity contribution in [2.75, 3.05) is 11.9 Å². The molecule has 2 rings (SSSR count). The van der Waals surface area contributed by atoms with Gasteiger partial charge in [-0.25, -0.2) is 4.79 Å². The van der Waals surface area contributed by atoms with Crippen LogP contribution in [0.1, 0.15) is 25.5 Å². The molecule has 0 heterocycles. The van der Waals surface area contributed by atoms with Gasteiger partial charge in [0.25, 0.3) is 0 Å². The van der Waals surface area contributed by atoms with Crippen molar-refractivity contribution in [3.63, 3.8) is 0 Å². The molecule has 0 bridgehead atoms. The second-order valence-corrected chi connectivity index (χ2v) is 4.69. The zero-order valence-electron chi connectivity index (χ0n) is 12.3. The fourth-order valence-electron chi connectivity index (χ4n) is 1.99. The van der Waals surface area contributed by atoms with Crippen LogP contribution in [0.15, 0.2) is 54.6 Å². The van der Waals surface area contributed by atoms with Gasteiger partial charge in [0.05, 0.1) is 12.6 Å². The molecule has 0 radical (unpaired) electrons. The Morgan fingerprint density at radius 2 is 1.76 bits per heavy atom. The fraction of sp³-hybridized carbons (Fsp3) is 0.235. The van der Waals surface area contributed by atoms with Crippen LogP contribution in [-0.2, 0) is 0 Å². The summed E-state index contributed by atoms with van der Waals surface area (Å²) in [6, 6.07) is 16.9. The Morgan fingerprint density at radius 1 is 1.10 bits per heavy atom. The molecule has 1 unspecified atom stereocenters. The summed E-state index contributed by atoms with van der Waals surface area (Å²) in [5, 5.41) is 5.71. The van der Waals surface area contributed by atoms with Gasteiger partial charge in [0.1, 0.15) is 5.75 Å². The summed E-state index contributed by atoms with van der Waals surface area (Å²) in [7, 11) is 0. The summed E-state index contributed by atoms with van der Waals surface area (Å²) in [5.74, 6) is 0.793. The van der Waals surface area contributed by atoms with E-state index in [1.54, 1.807) is 0 Å². The predicted octanol–water partition coefficient (Wildman–Crippen LogP) is 3.97. The maximum atomic E-state index is 12.0. The van der Waals surface area contributed by atoms with Gasteiger partial charge in [0.2, 0.25) is 0 Å². The smallest absolute Gasteiger partial charge is 0.319 e. The molecule has 2 aromatic rings. The summed E-state index contributed by atoms with van der Waals surface area (Å²) in [5.41, 5.74) is 1.80. The van der Waals surface area contributed by atoms with Gasteiger partial charge in [-0.3, -0.25) is 0 Å². The van der Waals surface area contributed by atoms with Crippen LogP contribution >= 0.6 is 0 Å². The number of benzene rings is 2. The standard InChI is InChI=1S/C17H20N2O2/c1-3-21-16-11-9-15(10-12-16)19-17(20)18-13(2)14-7-5-4-6-8-14/h4-13H,3H2,1-2H3,(H2,18,19,20). The van der Waals surface area contributed by atoms with Crippen molar-refractivity contribution in [3.05, 3.63) is 60.2 Å². The monoisotopic (exact) mass is 284 g/mol. The number of urea groups is 1. The van der Waals surface area contributed by atoms with E-state index in [9.17, 15) is 4.79 Å². The number of amides is 2. The predicted molar refractivity (Wildman–Crippen MR) is 84.6 cm³/mol. The molecule has 0 aromatic heterocycles. The normalized spacial score (nSPS) is 11.5. The topological polar surface area (TPSA) is 50.4 Å². The van der Waals surface area contributed by atoms with Crippen molar-refractivity contribution in [2.24, 2.45) is 0 Å². The number of rotatable bonds is 5. The highest BCUT2D eigenvalue weighted by Crippen LogP contribution is 2.16. The Kier molecular flexibility index (Phi) is 5.21. The summed E-state index contributed by atoms with van der Waals surface area (Å²) in [6.07, 6.45) is 0. The lowest BCUT2D eigenvalue weighted by molar-refractivity contribution is 0.249. The van der Waals surface area contributed by atoms with Crippen LogP contribution in [0, 0.1) is 0 Å². The number of hydrogen-bond donors (Lipinski definition) is 2. The Morgan fingerprint density at radius 3 is 2.38 bits per heavy atom. The van der Waals surface area contributed by atoms with Crippen LogP contribution in [0.5, 0.6) is 5.75 Å². The second-order valence-electron chi connectivity index (χ2n) is 4.69. The SMILES string of the molecule is CCOc1ccc(NC(=O)NC(C)c2ccccc2)cc1. The average molecular weight is 284 g/mol. The van der Waals surface area contributed by atoms with E-state index in [4.69, 9.17) is 4.74 Å². The molecule has 0 fully saturated rings. The second kappa shape index (κ2) is 7.33. The summed E-state index contributed by atoms with van der Waals surface area (Å²) >= 11 is 0. The van der Waals surface area contributed by atoms with E-state index >= 15 is 0 Å². The first-order chi connectivity index (χ1) is 10.2. The van der Waals surface area contributed by atoms with E-state index in [2.05, 4.69) is 10.6 Å². The molecule has 2 N–H and O–H groups in total. The third kappa shape index (κ3) is 4.53. The molecule has 4 heteroatoms. The van der Waals surface area contributed by atoms with E-state index in [0.717, 1.165) is 17.0 Å². The highest BCUT2D eigenvalue weighted by molar-refractivity contribution is 5.89. The Labute approximate surface area is 125 Å². The molecular formula is C17H20N2O2. The largest absolute Gasteiger partial charge is 0.494 e. The number of anilines is 1. The van der Waals surface area contributed by atoms with Crippen molar-refractivity contribution in [1.29, 1.82) is 0 Å². The zero-order valence-corrected chi connectivity index (χ0v) is 12.3. The Hall–Kier alpha value is -2.49. The van der Waals surface area contributed by atoms with Crippen LogP contribution in [0.4, 0.5) is 10.5 Å². The molecule has 0 saturated carbocycles. The van der Waals surface area contributed by atoms with Gasteiger partial charge in [0, 0.05) is 5.69 Å². The molecule has 0 aliphatic carbocycles. The van der Waals surface area contributed by atoms with Crippen molar-refractivity contribution in [3.8, 4) is 5.75 Å². The third-order valence-corrected chi connectivity index (χ3v) is 3.07. The summed E-state index contributed by atoms with van der Waals surface area (Å²) in [6.45, 7) is 4.51. The van der Waals surface area contributed by atoms with E-state index in [0.29, 0.717) is 6.61 Å². The molecule has 0 spiro atoms. The maximum absolute atomic E-state index is 12.0. The lowest BCUT2D eigenvalue weighted by Crippen LogP contribution is -2.31. The molecular weight excluding hydrogens is 264 g/mol. The molecule has 4 nitrogen and oxygen atoms in total. The maximum Gasteiger partial charge on any atom is 0.319 e. The van der Waals surface area contributed by atoms with Crippen molar-refractivity contribution in [2.45, 2.75) is 19.9 Å². The minimum atomic E-state index is -0.226. The first kappa shape index (κ1) is 14.9. The van der Waals surface area contributed by atoms with Crippen LogP contribution in [-0.4, -0.2) is 12.6 Å². The van der Waals surface area contributed by atoms with E-state index in [1.165, 1.54) is 0 Å². The zero-order chi connectivity index (χ0) is 15.1. The number of hydrogen-bond acceptors (Lipinski definition) is 2. The summed E-state index contributed by atoms with van der Waals surface area (Å²) in [4.78, 5) is 12.0. The molecule has 2 aromatic carbocycles. The van der Waals surface area contributed by atoms with Crippen LogP contribution in [0.2, 0.25) is 0 Å². The Bertz CT molecular complexity index is 567. The molecule has 0 aliphatic heterocycles. The summed E-state index contributed by atoms with van der Waals surface area (Å²) < 4.78 is 5.36. The molecule has 1 atom stereocenters. The fourth-order valence-corrected chi connectivity index (χ4v) is 1.99. The first-order valence-electron chi connectivity index (χ1n) is 7.04. The minimum Gasteiger partial charge on any atom is -0.494 e. The van der Waals surface area contributed by atoms with Crippen LogP contribution in [0.3, 0.4) is 0 Å².